The molecule has 0 aromatic heterocycles. The number of carbonyl (C=O) groups excluding carboxylic acids is 2. The van der Waals surface area contributed by atoms with Gasteiger partial charge >= 0.3 is 0 Å². The summed E-state index contributed by atoms with van der Waals surface area (Å²) < 4.78 is 11.9. The van der Waals surface area contributed by atoms with Gasteiger partial charge in [-0.05, 0) is 98.8 Å². The van der Waals surface area contributed by atoms with E-state index in [1.54, 1.807) is 12.1 Å². The average Bonchev–Trinajstić information content (AvgIpc) is 3.09. The number of aryl methyl sites for hydroxylation is 1. The zero-order chi connectivity index (χ0) is 33.7. The summed E-state index contributed by atoms with van der Waals surface area (Å²) in [4.78, 5) is 31.5. The standard InChI is InChI=1S/C42H40O4S2/c1-5-6-9-28-18-22-32(23-19-28)47-36-12-7-10-34-38(36)40(43)35-11-8-13-37(39(35)41(34)44)48-33-24-20-31(21-25-33)45-26-29-14-16-30(17-15-29)27-46-42(2,3)4/h7-8,10-25H,5-6,9,26-27H2,1-4H3. The Balaban J connectivity index is 1.13. The lowest BCUT2D eigenvalue weighted by molar-refractivity contribution is -0.0149. The van der Waals surface area contributed by atoms with Crippen molar-refractivity contribution in [1.82, 2.24) is 0 Å². The first kappa shape index (κ1) is 33.8. The highest BCUT2D eigenvalue weighted by atomic mass is 32.2. The van der Waals surface area contributed by atoms with E-state index in [-0.39, 0.29) is 17.2 Å². The van der Waals surface area contributed by atoms with E-state index in [0.717, 1.165) is 49.3 Å². The van der Waals surface area contributed by atoms with E-state index in [2.05, 4.69) is 76.2 Å². The van der Waals surface area contributed by atoms with Crippen LogP contribution in [-0.2, 0) is 24.4 Å². The van der Waals surface area contributed by atoms with Crippen LogP contribution in [0.4, 0.5) is 0 Å². The summed E-state index contributed by atoms with van der Waals surface area (Å²) >= 11 is 3.02. The van der Waals surface area contributed by atoms with Crippen molar-refractivity contribution in [3.63, 3.8) is 0 Å². The molecule has 48 heavy (non-hydrogen) atoms. The Labute approximate surface area is 292 Å². The molecule has 244 valence electrons. The number of fused-ring (bicyclic) bond motifs is 2. The molecule has 0 saturated heterocycles. The number of ether oxygens (including phenoxy) is 2. The molecule has 0 aliphatic heterocycles. The van der Waals surface area contributed by atoms with Crippen LogP contribution in [0.15, 0.2) is 129 Å². The third-order valence-corrected chi connectivity index (χ3v) is 10.3. The Bertz CT molecular complexity index is 1900. The molecule has 0 atom stereocenters. The second-order valence-electron chi connectivity index (χ2n) is 12.9. The highest BCUT2D eigenvalue weighted by molar-refractivity contribution is 7.99. The van der Waals surface area contributed by atoms with Gasteiger partial charge in [-0.15, -0.1) is 0 Å². The Morgan fingerprint density at radius 2 is 1.06 bits per heavy atom. The molecule has 0 N–H and O–H groups in total. The van der Waals surface area contributed by atoms with E-state index in [4.69, 9.17) is 9.47 Å². The van der Waals surface area contributed by atoms with Gasteiger partial charge in [0.25, 0.3) is 0 Å². The van der Waals surface area contributed by atoms with Gasteiger partial charge in [0, 0.05) is 41.8 Å². The highest BCUT2D eigenvalue weighted by Gasteiger charge is 2.33. The SMILES string of the molecule is CCCCc1ccc(Sc2cccc3c2C(=O)c2cccc(Sc4ccc(OCc5ccc(COC(C)(C)C)cc5)cc4)c2C3=O)cc1. The van der Waals surface area contributed by atoms with Gasteiger partial charge < -0.3 is 9.47 Å². The molecule has 0 amide bonds. The van der Waals surface area contributed by atoms with Crippen LogP contribution in [0.25, 0.3) is 0 Å². The normalized spacial score (nSPS) is 12.5. The lowest BCUT2D eigenvalue weighted by atomic mass is 9.84. The van der Waals surface area contributed by atoms with E-state index in [9.17, 15) is 9.59 Å². The van der Waals surface area contributed by atoms with Crippen LogP contribution in [0.1, 0.15) is 89.1 Å². The van der Waals surface area contributed by atoms with Crippen molar-refractivity contribution in [2.45, 2.75) is 85.4 Å². The quantitative estimate of drug-likeness (QED) is 0.129. The molecule has 0 spiro atoms. The van der Waals surface area contributed by atoms with Crippen LogP contribution >= 0.6 is 23.5 Å². The van der Waals surface area contributed by atoms with E-state index in [0.29, 0.717) is 35.5 Å². The minimum atomic E-state index is -0.172. The predicted octanol–water partition coefficient (Wildman–Crippen LogP) is 11.0. The van der Waals surface area contributed by atoms with Gasteiger partial charge in [-0.1, -0.05) is 97.5 Å². The second-order valence-corrected chi connectivity index (χ2v) is 15.2. The minimum Gasteiger partial charge on any atom is -0.489 e. The van der Waals surface area contributed by atoms with Crippen molar-refractivity contribution in [3.05, 3.63) is 148 Å². The van der Waals surface area contributed by atoms with Gasteiger partial charge in [0.2, 0.25) is 0 Å². The van der Waals surface area contributed by atoms with Gasteiger partial charge in [0.15, 0.2) is 11.6 Å². The zero-order valence-corrected chi connectivity index (χ0v) is 29.5. The molecule has 0 bridgehead atoms. The molecule has 0 heterocycles. The minimum absolute atomic E-state index is 0.108. The lowest BCUT2D eigenvalue weighted by Gasteiger charge is -2.22. The molecule has 6 rings (SSSR count). The first-order valence-electron chi connectivity index (χ1n) is 16.4. The molecule has 6 heteroatoms. The van der Waals surface area contributed by atoms with Gasteiger partial charge in [0.1, 0.15) is 12.4 Å². The molecule has 0 radical (unpaired) electrons. The zero-order valence-electron chi connectivity index (χ0n) is 27.9. The Kier molecular flexibility index (Phi) is 10.5. The molecular weight excluding hydrogens is 633 g/mol. The van der Waals surface area contributed by atoms with Gasteiger partial charge in [-0.3, -0.25) is 9.59 Å². The summed E-state index contributed by atoms with van der Waals surface area (Å²) in [6, 6.07) is 35.8. The molecule has 5 aromatic rings. The van der Waals surface area contributed by atoms with Crippen molar-refractivity contribution < 1.29 is 19.1 Å². The summed E-state index contributed by atoms with van der Waals surface area (Å²) in [6.45, 7) is 9.39. The van der Waals surface area contributed by atoms with Crippen LogP contribution in [-0.4, -0.2) is 17.2 Å². The summed E-state index contributed by atoms with van der Waals surface area (Å²) in [5, 5.41) is 0. The van der Waals surface area contributed by atoms with Crippen molar-refractivity contribution in [2.75, 3.05) is 0 Å². The van der Waals surface area contributed by atoms with E-state index in [1.807, 2.05) is 48.5 Å². The first-order valence-corrected chi connectivity index (χ1v) is 18.1. The van der Waals surface area contributed by atoms with Gasteiger partial charge in [0.05, 0.1) is 12.2 Å². The maximum absolute atomic E-state index is 14.0. The van der Waals surface area contributed by atoms with Crippen LogP contribution < -0.4 is 4.74 Å². The molecule has 0 saturated carbocycles. The number of rotatable bonds is 12. The number of ketones is 2. The summed E-state index contributed by atoms with van der Waals surface area (Å²) in [7, 11) is 0. The summed E-state index contributed by atoms with van der Waals surface area (Å²) in [5.41, 5.74) is 5.23. The Hall–Kier alpha value is -4.10. The highest BCUT2D eigenvalue weighted by Crippen LogP contribution is 2.41. The number of unbranched alkanes of at least 4 members (excludes halogenated alkanes) is 1. The Morgan fingerprint density at radius 1 is 0.583 bits per heavy atom. The fraction of sp³-hybridized carbons (Fsp3) is 0.238. The first-order chi connectivity index (χ1) is 23.2. The molecule has 5 aromatic carbocycles. The maximum atomic E-state index is 14.0. The van der Waals surface area contributed by atoms with E-state index >= 15 is 0 Å². The molecule has 1 aliphatic rings. The largest absolute Gasteiger partial charge is 0.489 e. The Morgan fingerprint density at radius 3 is 1.56 bits per heavy atom. The van der Waals surface area contributed by atoms with Crippen molar-refractivity contribution >= 4 is 35.1 Å². The monoisotopic (exact) mass is 672 g/mol. The number of hydrogen-bond acceptors (Lipinski definition) is 6. The molecular formula is C42H40O4S2. The third-order valence-electron chi connectivity index (χ3n) is 8.12. The summed E-state index contributed by atoms with van der Waals surface area (Å²) in [5.74, 6) is 0.537. The van der Waals surface area contributed by atoms with E-state index < -0.39 is 0 Å². The third kappa shape index (κ3) is 8.12. The van der Waals surface area contributed by atoms with E-state index in [1.165, 1.54) is 35.5 Å². The van der Waals surface area contributed by atoms with Crippen molar-refractivity contribution in [2.24, 2.45) is 0 Å². The van der Waals surface area contributed by atoms with Crippen LogP contribution in [0.2, 0.25) is 0 Å². The van der Waals surface area contributed by atoms with Crippen LogP contribution in [0, 0.1) is 0 Å². The van der Waals surface area contributed by atoms with Gasteiger partial charge in [-0.2, -0.15) is 0 Å². The van der Waals surface area contributed by atoms with Crippen LogP contribution in [0.3, 0.4) is 0 Å². The van der Waals surface area contributed by atoms with Crippen molar-refractivity contribution in [1.29, 1.82) is 0 Å². The molecule has 0 fully saturated rings. The molecule has 4 nitrogen and oxygen atoms in total. The smallest absolute Gasteiger partial charge is 0.195 e. The topological polar surface area (TPSA) is 52.6 Å². The number of hydrogen-bond donors (Lipinski definition) is 0. The predicted molar refractivity (Wildman–Crippen MR) is 195 cm³/mol. The average molecular weight is 673 g/mol. The van der Waals surface area contributed by atoms with Crippen LogP contribution in [0.5, 0.6) is 5.75 Å². The fourth-order valence-corrected chi connectivity index (χ4v) is 7.46. The maximum Gasteiger partial charge on any atom is 0.195 e. The van der Waals surface area contributed by atoms with Gasteiger partial charge in [-0.25, -0.2) is 0 Å². The second kappa shape index (κ2) is 15.0. The summed E-state index contributed by atoms with van der Waals surface area (Å²) in [6.07, 6.45) is 3.39. The fourth-order valence-electron chi connectivity index (χ4n) is 5.51. The number of carbonyl (C=O) groups is 2. The number of benzene rings is 5. The lowest BCUT2D eigenvalue weighted by Crippen LogP contribution is -2.22. The molecule has 0 unspecified atom stereocenters. The van der Waals surface area contributed by atoms with Crippen molar-refractivity contribution in [3.8, 4) is 5.75 Å². The molecule has 1 aliphatic carbocycles.